The van der Waals surface area contributed by atoms with Crippen LogP contribution in [0, 0.1) is 0 Å². The molecule has 0 aromatic rings. The average Bonchev–Trinajstić information content (AvgIpc) is 1.78. The zero-order valence-electron chi connectivity index (χ0n) is 8.98. The Kier molecular flexibility index (Phi) is 4.83. The summed E-state index contributed by atoms with van der Waals surface area (Å²) in [5.74, 6) is 0. The molecule has 0 spiro atoms. The number of carbonyl (C=O) groups excluding carboxylic acids is 2. The first-order chi connectivity index (χ1) is 6.18. The lowest BCUT2D eigenvalue weighted by Gasteiger charge is -2.34. The highest BCUT2D eigenvalue weighted by atomic mass is 127. The van der Waals surface area contributed by atoms with Crippen LogP contribution in [-0.4, -0.2) is 21.4 Å². The maximum atomic E-state index is 10.9. The van der Waals surface area contributed by atoms with Gasteiger partial charge in [-0.15, -0.1) is 0 Å². The molecule has 2 amide bonds. The molecule has 0 saturated heterocycles. The minimum absolute atomic E-state index is 0.0884. The molecule has 2 N–H and O–H groups in total. The van der Waals surface area contributed by atoms with Gasteiger partial charge in [0, 0.05) is 33.7 Å². The van der Waals surface area contributed by atoms with Crippen LogP contribution in [0.1, 0.15) is 34.1 Å². The molecule has 0 radical (unpaired) electrons. The number of nitrogens with one attached hydrogen (secondary N) is 2. The Bertz CT molecular complexity index is 227. The largest absolute Gasteiger partial charge is 0.354 e. The summed E-state index contributed by atoms with van der Waals surface area (Å²) in [5, 5.41) is 5.54. The first-order valence-electron chi connectivity index (χ1n) is 4.37. The van der Waals surface area contributed by atoms with E-state index in [0.717, 1.165) is 0 Å². The highest BCUT2D eigenvalue weighted by Gasteiger charge is 2.29. The lowest BCUT2D eigenvalue weighted by atomic mass is 9.87. The zero-order chi connectivity index (χ0) is 11.4. The molecule has 0 aliphatic carbocycles. The topological polar surface area (TPSA) is 58.2 Å². The SMILES string of the molecule is CC(C)(CC(C)(C)NC(=O)I)NC=O. The fourth-order valence-corrected chi connectivity index (χ4v) is 2.36. The van der Waals surface area contributed by atoms with Gasteiger partial charge in [0.25, 0.3) is 3.91 Å². The molecule has 0 saturated carbocycles. The Labute approximate surface area is 98.3 Å². The van der Waals surface area contributed by atoms with Crippen molar-refractivity contribution in [3.8, 4) is 0 Å². The molecule has 0 aliphatic heterocycles. The van der Waals surface area contributed by atoms with E-state index in [1.807, 2.05) is 27.7 Å². The van der Waals surface area contributed by atoms with E-state index >= 15 is 0 Å². The van der Waals surface area contributed by atoms with Gasteiger partial charge in [0.2, 0.25) is 6.41 Å². The van der Waals surface area contributed by atoms with Crippen molar-refractivity contribution in [1.82, 2.24) is 10.6 Å². The van der Waals surface area contributed by atoms with Crippen LogP contribution >= 0.6 is 22.6 Å². The summed E-state index contributed by atoms with van der Waals surface area (Å²) in [7, 11) is 0. The van der Waals surface area contributed by atoms with Gasteiger partial charge >= 0.3 is 0 Å². The minimum atomic E-state index is -0.322. The zero-order valence-corrected chi connectivity index (χ0v) is 11.1. The van der Waals surface area contributed by atoms with Crippen molar-refractivity contribution in [3.63, 3.8) is 0 Å². The maximum absolute atomic E-state index is 10.9. The van der Waals surface area contributed by atoms with E-state index in [-0.39, 0.29) is 15.0 Å². The van der Waals surface area contributed by atoms with Gasteiger partial charge in [-0.1, -0.05) is 0 Å². The van der Waals surface area contributed by atoms with E-state index in [1.165, 1.54) is 0 Å². The van der Waals surface area contributed by atoms with Crippen LogP contribution in [0.5, 0.6) is 0 Å². The number of hydrogen-bond donors (Lipinski definition) is 2. The van der Waals surface area contributed by atoms with Crippen LogP contribution in [-0.2, 0) is 4.79 Å². The summed E-state index contributed by atoms with van der Waals surface area (Å²) in [4.78, 5) is 21.2. The van der Waals surface area contributed by atoms with E-state index in [1.54, 1.807) is 22.6 Å². The molecular formula is C9H17IN2O2. The number of halogens is 1. The molecular weight excluding hydrogens is 295 g/mol. The van der Waals surface area contributed by atoms with E-state index in [2.05, 4.69) is 10.6 Å². The van der Waals surface area contributed by atoms with Gasteiger partial charge in [-0.2, -0.15) is 0 Å². The number of hydrogen-bond acceptors (Lipinski definition) is 2. The first kappa shape index (κ1) is 13.7. The van der Waals surface area contributed by atoms with E-state index in [0.29, 0.717) is 12.8 Å². The van der Waals surface area contributed by atoms with Crippen LogP contribution in [0.4, 0.5) is 4.79 Å². The quantitative estimate of drug-likeness (QED) is 0.352. The van der Waals surface area contributed by atoms with Crippen molar-refractivity contribution in [2.75, 3.05) is 0 Å². The first-order valence-corrected chi connectivity index (χ1v) is 5.45. The molecule has 0 fully saturated rings. The van der Waals surface area contributed by atoms with Gasteiger partial charge in [-0.05, 0) is 34.1 Å². The summed E-state index contributed by atoms with van der Waals surface area (Å²) >= 11 is 1.70. The molecule has 0 aromatic heterocycles. The van der Waals surface area contributed by atoms with E-state index in [4.69, 9.17) is 0 Å². The second-order valence-corrected chi connectivity index (χ2v) is 5.59. The summed E-state index contributed by atoms with van der Waals surface area (Å²) in [6.45, 7) is 7.70. The highest BCUT2D eigenvalue weighted by Crippen LogP contribution is 2.19. The van der Waals surface area contributed by atoms with Crippen LogP contribution in [0.3, 0.4) is 0 Å². The minimum Gasteiger partial charge on any atom is -0.354 e. The molecule has 4 nitrogen and oxygen atoms in total. The molecule has 14 heavy (non-hydrogen) atoms. The van der Waals surface area contributed by atoms with Gasteiger partial charge in [-0.3, -0.25) is 9.59 Å². The van der Waals surface area contributed by atoms with Gasteiger partial charge in [-0.25, -0.2) is 0 Å². The molecule has 82 valence electrons. The third-order valence-corrected chi connectivity index (χ3v) is 2.04. The van der Waals surface area contributed by atoms with Crippen molar-refractivity contribution in [1.29, 1.82) is 0 Å². The Hall–Kier alpha value is -0.330. The predicted molar refractivity (Wildman–Crippen MR) is 64.5 cm³/mol. The molecule has 0 rings (SSSR count). The Morgan fingerprint density at radius 1 is 1.29 bits per heavy atom. The van der Waals surface area contributed by atoms with Crippen molar-refractivity contribution in [2.45, 2.75) is 45.2 Å². The molecule has 0 heterocycles. The number of carbonyl (C=O) groups is 2. The lowest BCUT2D eigenvalue weighted by molar-refractivity contribution is -0.111. The second-order valence-electron chi connectivity index (χ2n) is 4.61. The third-order valence-electron chi connectivity index (χ3n) is 1.77. The molecule has 5 heteroatoms. The highest BCUT2D eigenvalue weighted by molar-refractivity contribution is 14.1. The van der Waals surface area contributed by atoms with Crippen LogP contribution < -0.4 is 10.6 Å². The van der Waals surface area contributed by atoms with Gasteiger partial charge in [0.05, 0.1) is 0 Å². The standard InChI is InChI=1S/C9H17IN2O2/c1-8(2,11-6-13)5-9(3,4)12-7(10)14/h6H,5H2,1-4H3,(H,11,13)(H,12,14). The number of rotatable bonds is 5. The Balaban J connectivity index is 4.32. The lowest BCUT2D eigenvalue weighted by Crippen LogP contribution is -2.50. The molecule has 0 bridgehead atoms. The van der Waals surface area contributed by atoms with Crippen molar-refractivity contribution >= 4 is 32.9 Å². The van der Waals surface area contributed by atoms with Gasteiger partial charge in [0.1, 0.15) is 0 Å². The van der Waals surface area contributed by atoms with Crippen molar-refractivity contribution in [2.24, 2.45) is 0 Å². The fraction of sp³-hybridized carbons (Fsp3) is 0.778. The third kappa shape index (κ3) is 6.17. The van der Waals surface area contributed by atoms with Gasteiger partial charge in [0.15, 0.2) is 0 Å². The summed E-state index contributed by atoms with van der Waals surface area (Å²) < 4.78 is -0.0884. The average molecular weight is 312 g/mol. The molecule has 0 aromatic carbocycles. The normalized spacial score (nSPS) is 12.1. The van der Waals surface area contributed by atoms with E-state index in [9.17, 15) is 9.59 Å². The smallest absolute Gasteiger partial charge is 0.281 e. The summed E-state index contributed by atoms with van der Waals surface area (Å²) in [5.41, 5.74) is -0.637. The summed E-state index contributed by atoms with van der Waals surface area (Å²) in [6.07, 6.45) is 1.36. The van der Waals surface area contributed by atoms with Crippen LogP contribution in [0.25, 0.3) is 0 Å². The predicted octanol–water partition coefficient (Wildman–Crippen LogP) is 1.82. The van der Waals surface area contributed by atoms with E-state index < -0.39 is 0 Å². The Morgan fingerprint density at radius 3 is 2.14 bits per heavy atom. The number of amides is 2. The molecule has 0 aliphatic rings. The molecule has 0 unspecified atom stereocenters. The van der Waals surface area contributed by atoms with Crippen LogP contribution in [0.15, 0.2) is 0 Å². The Morgan fingerprint density at radius 2 is 1.79 bits per heavy atom. The molecule has 0 atom stereocenters. The van der Waals surface area contributed by atoms with Gasteiger partial charge < -0.3 is 10.6 Å². The maximum Gasteiger partial charge on any atom is 0.281 e. The van der Waals surface area contributed by atoms with Crippen molar-refractivity contribution < 1.29 is 9.59 Å². The second kappa shape index (κ2) is 4.95. The van der Waals surface area contributed by atoms with Crippen molar-refractivity contribution in [3.05, 3.63) is 0 Å². The summed E-state index contributed by atoms with van der Waals surface area (Å²) in [6, 6.07) is 0. The fourth-order valence-electron chi connectivity index (χ4n) is 1.63. The van der Waals surface area contributed by atoms with Crippen LogP contribution in [0.2, 0.25) is 0 Å². The monoisotopic (exact) mass is 312 g/mol.